The maximum absolute atomic E-state index is 7.67. The molecular weight excluding hydrogens is 484 g/mol. The molecule has 0 amide bonds. The van der Waals surface area contributed by atoms with Crippen LogP contribution in [0.2, 0.25) is 0 Å². The predicted octanol–water partition coefficient (Wildman–Crippen LogP) is 12.7. The van der Waals surface area contributed by atoms with Crippen LogP contribution in [0.5, 0.6) is 0 Å². The number of unbranched alkanes of at least 4 members (excludes halogenated alkanes) is 14. The number of nitrogens with two attached hydrogens (primary N) is 2. The highest BCUT2D eigenvalue weighted by atomic mass is 14.8. The summed E-state index contributed by atoms with van der Waals surface area (Å²) in [6.45, 7) is 15.3. The molecule has 0 spiro atoms. The summed E-state index contributed by atoms with van der Waals surface area (Å²) in [4.78, 5) is 0. The van der Waals surface area contributed by atoms with Crippen molar-refractivity contribution in [3.63, 3.8) is 0 Å². The minimum absolute atomic E-state index is 0.0165. The van der Waals surface area contributed by atoms with Gasteiger partial charge < -0.3 is 11.5 Å². The SMILES string of the molecule is CCCC(N)(CCC)C(CCC)(CCC)C(CCC)(CCC)CCCCCCCCCCCCCCCCCN. The van der Waals surface area contributed by atoms with Crippen molar-refractivity contribution in [2.75, 3.05) is 6.54 Å². The topological polar surface area (TPSA) is 52.0 Å². The van der Waals surface area contributed by atoms with Crippen molar-refractivity contribution in [2.24, 2.45) is 22.3 Å². The predicted molar refractivity (Wildman–Crippen MR) is 184 cm³/mol. The van der Waals surface area contributed by atoms with Crippen molar-refractivity contribution >= 4 is 0 Å². The molecule has 0 saturated carbocycles. The van der Waals surface area contributed by atoms with Gasteiger partial charge in [0.05, 0.1) is 0 Å². The van der Waals surface area contributed by atoms with Crippen molar-refractivity contribution < 1.29 is 0 Å². The molecule has 2 nitrogen and oxygen atoms in total. The van der Waals surface area contributed by atoms with E-state index >= 15 is 0 Å². The van der Waals surface area contributed by atoms with Crippen LogP contribution < -0.4 is 11.5 Å². The summed E-state index contributed by atoms with van der Waals surface area (Å²) in [5.41, 5.74) is 13.9. The summed E-state index contributed by atoms with van der Waals surface area (Å²) in [6.07, 6.45) is 38.0. The van der Waals surface area contributed by atoms with Gasteiger partial charge in [0.15, 0.2) is 0 Å². The molecule has 0 aromatic carbocycles. The first-order valence-electron chi connectivity index (χ1n) is 18.9. The van der Waals surface area contributed by atoms with E-state index in [4.69, 9.17) is 11.5 Å². The Hall–Kier alpha value is -0.0800. The minimum Gasteiger partial charge on any atom is -0.330 e. The Morgan fingerprint density at radius 3 is 0.950 bits per heavy atom. The van der Waals surface area contributed by atoms with Gasteiger partial charge in [-0.3, -0.25) is 0 Å². The van der Waals surface area contributed by atoms with E-state index in [0.717, 1.165) is 6.54 Å². The molecule has 0 aliphatic rings. The molecular formula is C38H80N2. The highest BCUT2D eigenvalue weighted by molar-refractivity contribution is 5.11. The van der Waals surface area contributed by atoms with Gasteiger partial charge in [-0.25, -0.2) is 0 Å². The van der Waals surface area contributed by atoms with E-state index in [9.17, 15) is 0 Å². The Bertz CT molecular complexity index is 510. The fourth-order valence-corrected chi connectivity index (χ4v) is 8.99. The lowest BCUT2D eigenvalue weighted by atomic mass is 9.45. The van der Waals surface area contributed by atoms with Crippen molar-refractivity contribution in [2.45, 2.75) is 227 Å². The van der Waals surface area contributed by atoms with E-state index in [1.54, 1.807) is 0 Å². The van der Waals surface area contributed by atoms with E-state index in [1.165, 1.54) is 180 Å². The molecule has 242 valence electrons. The summed E-state index contributed by atoms with van der Waals surface area (Å²) < 4.78 is 0. The first-order chi connectivity index (χ1) is 19.4. The Kier molecular flexibility index (Phi) is 25.4. The third-order valence-electron chi connectivity index (χ3n) is 10.5. The molecule has 0 aliphatic heterocycles. The normalized spacial score (nSPS) is 12.9. The first kappa shape index (κ1) is 39.9. The quantitative estimate of drug-likeness (QED) is 0.0822. The lowest BCUT2D eigenvalue weighted by Gasteiger charge is -2.61. The van der Waals surface area contributed by atoms with E-state index < -0.39 is 0 Å². The Balaban J connectivity index is 4.94. The highest BCUT2D eigenvalue weighted by Crippen LogP contribution is 2.62. The third-order valence-corrected chi connectivity index (χ3v) is 10.5. The number of hydrogen-bond acceptors (Lipinski definition) is 2. The van der Waals surface area contributed by atoms with Gasteiger partial charge in [-0.15, -0.1) is 0 Å². The van der Waals surface area contributed by atoms with Crippen LogP contribution in [0.3, 0.4) is 0 Å². The van der Waals surface area contributed by atoms with Crippen LogP contribution in [0.25, 0.3) is 0 Å². The Labute approximate surface area is 255 Å². The zero-order valence-corrected chi connectivity index (χ0v) is 29.2. The van der Waals surface area contributed by atoms with E-state index in [1.807, 2.05) is 0 Å². The second-order valence-electron chi connectivity index (χ2n) is 13.9. The monoisotopic (exact) mass is 565 g/mol. The average Bonchev–Trinajstić information content (AvgIpc) is 2.93. The lowest BCUT2D eigenvalue weighted by molar-refractivity contribution is -0.0861. The molecule has 0 rings (SSSR count). The van der Waals surface area contributed by atoms with Gasteiger partial charge >= 0.3 is 0 Å². The van der Waals surface area contributed by atoms with E-state index in [-0.39, 0.29) is 11.0 Å². The van der Waals surface area contributed by atoms with Gasteiger partial charge in [0.2, 0.25) is 0 Å². The number of hydrogen-bond donors (Lipinski definition) is 2. The van der Waals surface area contributed by atoms with Crippen LogP contribution in [-0.4, -0.2) is 12.1 Å². The second-order valence-corrected chi connectivity index (χ2v) is 13.9. The van der Waals surface area contributed by atoms with Gasteiger partial charge in [0.1, 0.15) is 0 Å². The average molecular weight is 565 g/mol. The van der Waals surface area contributed by atoms with Crippen LogP contribution in [0.15, 0.2) is 0 Å². The molecule has 0 atom stereocenters. The molecule has 4 N–H and O–H groups in total. The first-order valence-corrected chi connectivity index (χ1v) is 18.9. The molecule has 0 fully saturated rings. The molecule has 0 aromatic rings. The smallest absolute Gasteiger partial charge is 0.0216 e. The van der Waals surface area contributed by atoms with Gasteiger partial charge in [0, 0.05) is 5.54 Å². The largest absolute Gasteiger partial charge is 0.330 e. The lowest BCUT2D eigenvalue weighted by Crippen LogP contribution is -2.63. The third kappa shape index (κ3) is 13.9. The Morgan fingerprint density at radius 2 is 0.650 bits per heavy atom. The fourth-order valence-electron chi connectivity index (χ4n) is 8.99. The Morgan fingerprint density at radius 1 is 0.350 bits per heavy atom. The zero-order valence-electron chi connectivity index (χ0n) is 29.2. The van der Waals surface area contributed by atoms with Crippen molar-refractivity contribution in [1.82, 2.24) is 0 Å². The molecule has 2 heteroatoms. The molecule has 0 radical (unpaired) electrons. The van der Waals surface area contributed by atoms with Crippen LogP contribution in [0.4, 0.5) is 0 Å². The molecule has 0 aliphatic carbocycles. The summed E-state index contributed by atoms with van der Waals surface area (Å²) in [7, 11) is 0. The van der Waals surface area contributed by atoms with E-state index in [0.29, 0.717) is 5.41 Å². The van der Waals surface area contributed by atoms with E-state index in [2.05, 4.69) is 41.5 Å². The summed E-state index contributed by atoms with van der Waals surface area (Å²) in [5, 5.41) is 0. The van der Waals surface area contributed by atoms with Gasteiger partial charge in [-0.2, -0.15) is 0 Å². The standard InChI is InChI=1S/C38H80N2/c1-7-28-36(29-8-2,37(30-9-3,31-10-4)38(40,32-11-5)33-12-6)34-26-24-22-20-18-16-14-13-15-17-19-21-23-25-27-35-39/h7-35,39-40H2,1-6H3. The summed E-state index contributed by atoms with van der Waals surface area (Å²) in [5.74, 6) is 0. The molecule has 0 bridgehead atoms. The van der Waals surface area contributed by atoms with Crippen molar-refractivity contribution in [3.05, 3.63) is 0 Å². The molecule has 0 heterocycles. The summed E-state index contributed by atoms with van der Waals surface area (Å²) in [6, 6.07) is 0. The van der Waals surface area contributed by atoms with Crippen LogP contribution in [0, 0.1) is 10.8 Å². The van der Waals surface area contributed by atoms with Crippen LogP contribution >= 0.6 is 0 Å². The second kappa shape index (κ2) is 25.4. The molecule has 0 aromatic heterocycles. The fraction of sp³-hybridized carbons (Fsp3) is 1.00. The van der Waals surface area contributed by atoms with Crippen molar-refractivity contribution in [1.29, 1.82) is 0 Å². The maximum Gasteiger partial charge on any atom is 0.0216 e. The van der Waals surface area contributed by atoms with Gasteiger partial charge in [0.25, 0.3) is 0 Å². The van der Waals surface area contributed by atoms with Crippen molar-refractivity contribution in [3.8, 4) is 0 Å². The summed E-state index contributed by atoms with van der Waals surface area (Å²) >= 11 is 0. The minimum atomic E-state index is -0.0165. The number of rotatable bonds is 31. The molecule has 40 heavy (non-hydrogen) atoms. The van der Waals surface area contributed by atoms with Crippen LogP contribution in [0.1, 0.15) is 221 Å². The zero-order chi connectivity index (χ0) is 30.0. The van der Waals surface area contributed by atoms with Gasteiger partial charge in [-0.05, 0) is 68.7 Å². The van der Waals surface area contributed by atoms with Crippen LogP contribution in [-0.2, 0) is 0 Å². The highest BCUT2D eigenvalue weighted by Gasteiger charge is 2.57. The molecule has 0 saturated heterocycles. The maximum atomic E-state index is 7.67. The van der Waals surface area contributed by atoms with Gasteiger partial charge in [-0.1, -0.05) is 170 Å². The molecule has 0 unspecified atom stereocenters.